The molecule has 32 heavy (non-hydrogen) atoms. The first-order valence-corrected chi connectivity index (χ1v) is 12.9. The van der Waals surface area contributed by atoms with Gasteiger partial charge in [0.2, 0.25) is 0 Å². The zero-order valence-electron chi connectivity index (χ0n) is 17.5. The maximum Gasteiger partial charge on any atom is 0.266 e. The summed E-state index contributed by atoms with van der Waals surface area (Å²) < 4.78 is 1.04. The summed E-state index contributed by atoms with van der Waals surface area (Å²) in [6.07, 6.45) is 5.55. The number of fused-ring (bicyclic) bond motifs is 1. The van der Waals surface area contributed by atoms with Crippen molar-refractivity contribution in [3.05, 3.63) is 75.6 Å². The number of hydrogen-bond donors (Lipinski definition) is 1. The monoisotopic (exact) mass is 481 g/mol. The second-order valence-electron chi connectivity index (χ2n) is 8.28. The largest absolute Gasteiger partial charge is 0.331 e. The van der Waals surface area contributed by atoms with Gasteiger partial charge in [0.1, 0.15) is 9.88 Å². The fourth-order valence-corrected chi connectivity index (χ4v) is 6.49. The average molecular weight is 482 g/mol. The molecule has 1 aliphatic carbocycles. The number of thiophene rings is 1. The van der Waals surface area contributed by atoms with Gasteiger partial charge in [-0.2, -0.15) is 0 Å². The molecule has 2 aromatic carbocycles. The molecule has 2 heterocycles. The van der Waals surface area contributed by atoms with Gasteiger partial charge >= 0.3 is 0 Å². The Bertz CT molecular complexity index is 1210. The number of thiazole rings is 1. The molecule has 1 amide bonds. The number of carbonyl (C=O) groups is 1. The van der Waals surface area contributed by atoms with Gasteiger partial charge in [-0.3, -0.25) is 4.79 Å². The molecule has 2 aromatic heterocycles. The first-order chi connectivity index (χ1) is 15.6. The van der Waals surface area contributed by atoms with Crippen LogP contribution in [0.15, 0.2) is 60.1 Å². The summed E-state index contributed by atoms with van der Waals surface area (Å²) in [5.74, 6) is 0.0145. The van der Waals surface area contributed by atoms with Crippen LogP contribution in [0.5, 0.6) is 0 Å². The van der Waals surface area contributed by atoms with Crippen LogP contribution in [0.3, 0.4) is 0 Å². The number of rotatable bonds is 5. The van der Waals surface area contributed by atoms with Crippen LogP contribution in [0, 0.1) is 0 Å². The standard InChI is InChI=1S/C25H24ClN3OS2/c26-22-20-3-1-2-4-21(20)32-23(22)25(30)29(19-11-9-18(27)10-12-19)15-16-5-7-17(8-6-16)24-28-13-14-31-24/h1-8,13-14,18-19H,9-12,15,27H2. The maximum absolute atomic E-state index is 13.8. The van der Waals surface area contributed by atoms with Crippen LogP contribution in [0.2, 0.25) is 5.02 Å². The summed E-state index contributed by atoms with van der Waals surface area (Å²) in [6.45, 7) is 0.557. The van der Waals surface area contributed by atoms with Gasteiger partial charge in [-0.25, -0.2) is 4.98 Å². The van der Waals surface area contributed by atoms with E-state index in [9.17, 15) is 4.79 Å². The predicted molar refractivity (Wildman–Crippen MR) is 134 cm³/mol. The van der Waals surface area contributed by atoms with E-state index in [1.165, 1.54) is 11.3 Å². The van der Waals surface area contributed by atoms with E-state index in [0.29, 0.717) is 16.4 Å². The number of carbonyl (C=O) groups excluding carboxylic acids is 1. The Morgan fingerprint density at radius 1 is 1.09 bits per heavy atom. The Hall–Kier alpha value is -2.25. The third-order valence-electron chi connectivity index (χ3n) is 6.16. The van der Waals surface area contributed by atoms with E-state index in [4.69, 9.17) is 17.3 Å². The number of nitrogens with two attached hydrogens (primary N) is 1. The van der Waals surface area contributed by atoms with Crippen LogP contribution in [-0.2, 0) is 6.54 Å². The lowest BCUT2D eigenvalue weighted by Crippen LogP contribution is -2.43. The van der Waals surface area contributed by atoms with Gasteiger partial charge in [-0.05, 0) is 37.3 Å². The van der Waals surface area contributed by atoms with Crippen LogP contribution in [0.4, 0.5) is 0 Å². The molecular formula is C25H24ClN3OS2. The summed E-state index contributed by atoms with van der Waals surface area (Å²) in [5.41, 5.74) is 8.35. The molecule has 0 unspecified atom stereocenters. The van der Waals surface area contributed by atoms with Crippen molar-refractivity contribution >= 4 is 50.3 Å². The minimum atomic E-state index is 0.0145. The molecule has 0 aliphatic heterocycles. The van der Waals surface area contributed by atoms with Crippen molar-refractivity contribution in [2.45, 2.75) is 44.3 Å². The predicted octanol–water partition coefficient (Wildman–Crippen LogP) is 6.59. The zero-order chi connectivity index (χ0) is 22.1. The van der Waals surface area contributed by atoms with Crippen LogP contribution in [-0.4, -0.2) is 27.9 Å². The highest BCUT2D eigenvalue weighted by Crippen LogP contribution is 2.37. The highest BCUT2D eigenvalue weighted by Gasteiger charge is 2.31. The fourth-order valence-electron chi connectivity index (χ4n) is 4.38. The number of halogens is 1. The van der Waals surface area contributed by atoms with E-state index in [2.05, 4.69) is 29.2 Å². The summed E-state index contributed by atoms with van der Waals surface area (Å²) in [6, 6.07) is 16.7. The van der Waals surface area contributed by atoms with Crippen LogP contribution >= 0.6 is 34.3 Å². The molecule has 0 radical (unpaired) electrons. The van der Waals surface area contributed by atoms with Crippen molar-refractivity contribution in [1.82, 2.24) is 9.88 Å². The van der Waals surface area contributed by atoms with Crippen molar-refractivity contribution < 1.29 is 4.79 Å². The smallest absolute Gasteiger partial charge is 0.266 e. The van der Waals surface area contributed by atoms with Gasteiger partial charge in [0.25, 0.3) is 5.91 Å². The second-order valence-corrected chi connectivity index (χ2v) is 10.6. The average Bonchev–Trinajstić information content (AvgIpc) is 3.47. The minimum absolute atomic E-state index is 0.0145. The van der Waals surface area contributed by atoms with Crippen molar-refractivity contribution in [2.24, 2.45) is 5.73 Å². The van der Waals surface area contributed by atoms with Crippen molar-refractivity contribution in [1.29, 1.82) is 0 Å². The Kier molecular flexibility index (Phi) is 6.28. The Morgan fingerprint density at radius 3 is 2.53 bits per heavy atom. The molecule has 5 rings (SSSR count). The topological polar surface area (TPSA) is 59.2 Å². The Balaban J connectivity index is 1.45. The fraction of sp³-hybridized carbons (Fsp3) is 0.280. The third kappa shape index (κ3) is 4.33. The van der Waals surface area contributed by atoms with Gasteiger partial charge in [-0.1, -0.05) is 54.1 Å². The van der Waals surface area contributed by atoms with E-state index in [1.807, 2.05) is 40.7 Å². The summed E-state index contributed by atoms with van der Waals surface area (Å²) in [5, 5.41) is 4.49. The number of aromatic nitrogens is 1. The van der Waals surface area contributed by atoms with Gasteiger partial charge < -0.3 is 10.6 Å². The Labute approximate surface area is 200 Å². The number of benzene rings is 2. The van der Waals surface area contributed by atoms with Crippen LogP contribution < -0.4 is 5.73 Å². The molecule has 2 N–H and O–H groups in total. The molecule has 0 atom stereocenters. The van der Waals surface area contributed by atoms with Crippen LogP contribution in [0.25, 0.3) is 20.7 Å². The maximum atomic E-state index is 13.8. The van der Waals surface area contributed by atoms with Crippen LogP contribution in [0.1, 0.15) is 40.9 Å². The summed E-state index contributed by atoms with van der Waals surface area (Å²) >= 11 is 9.78. The molecule has 7 heteroatoms. The van der Waals surface area contributed by atoms with E-state index >= 15 is 0 Å². The molecule has 1 saturated carbocycles. The minimum Gasteiger partial charge on any atom is -0.331 e. The summed E-state index contributed by atoms with van der Waals surface area (Å²) in [4.78, 5) is 20.8. The third-order valence-corrected chi connectivity index (χ3v) is 8.64. The highest BCUT2D eigenvalue weighted by atomic mass is 35.5. The highest BCUT2D eigenvalue weighted by molar-refractivity contribution is 7.21. The van der Waals surface area contributed by atoms with Gasteiger partial charge in [0.05, 0.1) is 5.02 Å². The van der Waals surface area contributed by atoms with Gasteiger partial charge in [0.15, 0.2) is 0 Å². The molecule has 164 valence electrons. The molecule has 0 spiro atoms. The zero-order valence-corrected chi connectivity index (χ0v) is 19.9. The molecule has 0 saturated heterocycles. The van der Waals surface area contributed by atoms with E-state index < -0.39 is 0 Å². The lowest BCUT2D eigenvalue weighted by molar-refractivity contribution is 0.0611. The number of nitrogens with zero attached hydrogens (tertiary/aromatic N) is 2. The molecule has 1 fully saturated rings. The quantitative estimate of drug-likeness (QED) is 0.349. The summed E-state index contributed by atoms with van der Waals surface area (Å²) in [7, 11) is 0. The van der Waals surface area contributed by atoms with Gasteiger partial charge in [-0.15, -0.1) is 22.7 Å². The van der Waals surface area contributed by atoms with E-state index in [-0.39, 0.29) is 18.0 Å². The first-order valence-electron chi connectivity index (χ1n) is 10.8. The van der Waals surface area contributed by atoms with Crippen molar-refractivity contribution in [3.8, 4) is 10.6 Å². The first kappa shape index (κ1) is 21.6. The number of hydrogen-bond acceptors (Lipinski definition) is 5. The molecule has 4 nitrogen and oxygen atoms in total. The van der Waals surface area contributed by atoms with Gasteiger partial charge in [0, 0.05) is 45.9 Å². The Morgan fingerprint density at radius 2 is 1.84 bits per heavy atom. The molecule has 0 bridgehead atoms. The number of amides is 1. The molecule has 4 aromatic rings. The van der Waals surface area contributed by atoms with Crippen molar-refractivity contribution in [3.63, 3.8) is 0 Å². The van der Waals surface area contributed by atoms with Crippen molar-refractivity contribution in [2.75, 3.05) is 0 Å². The molecule has 1 aliphatic rings. The second kappa shape index (κ2) is 9.32. The lowest BCUT2D eigenvalue weighted by Gasteiger charge is -2.36. The normalized spacial score (nSPS) is 18.7. The van der Waals surface area contributed by atoms with E-state index in [0.717, 1.165) is 51.9 Å². The lowest BCUT2D eigenvalue weighted by atomic mass is 9.90. The SMILES string of the molecule is NC1CCC(N(Cc2ccc(-c3nccs3)cc2)C(=O)c2sc3ccccc3c2Cl)CC1. The van der Waals surface area contributed by atoms with E-state index in [1.54, 1.807) is 11.3 Å². The molecular weight excluding hydrogens is 458 g/mol.